The Bertz CT molecular complexity index is 883. The predicted octanol–water partition coefficient (Wildman–Crippen LogP) is 4.70. The molecule has 0 saturated heterocycles. The van der Waals surface area contributed by atoms with Gasteiger partial charge in [-0.15, -0.1) is 0 Å². The number of carbonyl (C=O) groups excluding carboxylic acids is 1. The molecular weight excluding hydrogens is 348 g/mol. The van der Waals surface area contributed by atoms with Gasteiger partial charge in [0, 0.05) is 18.2 Å². The van der Waals surface area contributed by atoms with E-state index < -0.39 is 18.2 Å². The first-order valence-electron chi connectivity index (χ1n) is 9.27. The topological polar surface area (TPSA) is 52.9 Å². The maximum atomic E-state index is 12.9. The van der Waals surface area contributed by atoms with Crippen LogP contribution < -0.4 is 0 Å². The van der Waals surface area contributed by atoms with Gasteiger partial charge in [-0.1, -0.05) is 91.0 Å². The van der Waals surface area contributed by atoms with Crippen LogP contribution in [0.1, 0.15) is 29.7 Å². The van der Waals surface area contributed by atoms with Crippen molar-refractivity contribution in [2.45, 2.75) is 19.1 Å². The van der Waals surface area contributed by atoms with E-state index >= 15 is 0 Å². The Kier molecular flexibility index (Phi) is 6.35. The van der Waals surface area contributed by atoms with E-state index in [2.05, 4.69) is 4.99 Å². The lowest BCUT2D eigenvalue weighted by Gasteiger charge is -2.28. The molecule has 0 aromatic heterocycles. The van der Waals surface area contributed by atoms with Gasteiger partial charge in [0.2, 0.25) is 0 Å². The highest BCUT2D eigenvalue weighted by Gasteiger charge is 2.24. The zero-order chi connectivity index (χ0) is 19.9. The Hall–Kier alpha value is -3.24. The number of aliphatic hydroxyl groups excluding tert-OH is 1. The van der Waals surface area contributed by atoms with Crippen molar-refractivity contribution >= 4 is 11.7 Å². The SMILES string of the molecule is CC(C(O)c1ccccc1)N(C)C(=O)N=C(c1ccccc1)c1ccccc1. The summed E-state index contributed by atoms with van der Waals surface area (Å²) in [5.74, 6) is 0. The molecule has 2 unspecified atom stereocenters. The third-order valence-electron chi connectivity index (χ3n) is 4.81. The van der Waals surface area contributed by atoms with Crippen molar-refractivity contribution in [3.8, 4) is 0 Å². The zero-order valence-electron chi connectivity index (χ0n) is 16.1. The van der Waals surface area contributed by atoms with Crippen LogP contribution in [-0.2, 0) is 0 Å². The quantitative estimate of drug-likeness (QED) is 0.660. The fraction of sp³-hybridized carbons (Fsp3) is 0.167. The summed E-state index contributed by atoms with van der Waals surface area (Å²) < 4.78 is 0. The first-order valence-corrected chi connectivity index (χ1v) is 9.27. The Morgan fingerprint density at radius 1 is 0.821 bits per heavy atom. The second kappa shape index (κ2) is 9.11. The number of amides is 2. The molecule has 4 heteroatoms. The highest BCUT2D eigenvalue weighted by atomic mass is 16.3. The van der Waals surface area contributed by atoms with Gasteiger partial charge in [-0.2, -0.15) is 4.99 Å². The van der Waals surface area contributed by atoms with Crippen molar-refractivity contribution < 1.29 is 9.90 Å². The van der Waals surface area contributed by atoms with Gasteiger partial charge >= 0.3 is 6.03 Å². The van der Waals surface area contributed by atoms with Gasteiger partial charge < -0.3 is 10.0 Å². The maximum absolute atomic E-state index is 12.9. The fourth-order valence-electron chi connectivity index (χ4n) is 2.98. The second-order valence-corrected chi connectivity index (χ2v) is 6.68. The van der Waals surface area contributed by atoms with E-state index in [1.54, 1.807) is 7.05 Å². The van der Waals surface area contributed by atoms with Crippen molar-refractivity contribution in [3.05, 3.63) is 108 Å². The van der Waals surface area contributed by atoms with Crippen LogP contribution >= 0.6 is 0 Å². The van der Waals surface area contributed by atoms with Crippen molar-refractivity contribution in [1.29, 1.82) is 0 Å². The van der Waals surface area contributed by atoms with Crippen LogP contribution in [0.4, 0.5) is 4.79 Å². The molecule has 0 spiro atoms. The molecule has 1 N–H and O–H groups in total. The number of rotatable bonds is 5. The third-order valence-corrected chi connectivity index (χ3v) is 4.81. The number of nitrogens with zero attached hydrogens (tertiary/aromatic N) is 2. The lowest BCUT2D eigenvalue weighted by atomic mass is 10.0. The summed E-state index contributed by atoms with van der Waals surface area (Å²) >= 11 is 0. The van der Waals surface area contributed by atoms with Crippen LogP contribution in [0, 0.1) is 0 Å². The third kappa shape index (κ3) is 4.53. The summed E-state index contributed by atoms with van der Waals surface area (Å²) in [4.78, 5) is 18.8. The second-order valence-electron chi connectivity index (χ2n) is 6.68. The number of urea groups is 1. The van der Waals surface area contributed by atoms with Crippen molar-refractivity contribution in [3.63, 3.8) is 0 Å². The highest BCUT2D eigenvalue weighted by Crippen LogP contribution is 2.21. The summed E-state index contributed by atoms with van der Waals surface area (Å²) in [6.45, 7) is 1.82. The van der Waals surface area contributed by atoms with Gasteiger partial charge in [-0.05, 0) is 12.5 Å². The first-order chi connectivity index (χ1) is 13.6. The van der Waals surface area contributed by atoms with Crippen LogP contribution in [-0.4, -0.2) is 34.8 Å². The van der Waals surface area contributed by atoms with Crippen molar-refractivity contribution in [2.24, 2.45) is 4.99 Å². The monoisotopic (exact) mass is 372 g/mol. The van der Waals surface area contributed by atoms with Crippen LogP contribution in [0.3, 0.4) is 0 Å². The van der Waals surface area contributed by atoms with Gasteiger partial charge in [-0.25, -0.2) is 4.79 Å². The molecule has 0 aliphatic heterocycles. The molecule has 2 amide bonds. The minimum Gasteiger partial charge on any atom is -0.386 e. The first kappa shape index (κ1) is 19.5. The summed E-state index contributed by atoms with van der Waals surface area (Å²) in [7, 11) is 1.66. The largest absolute Gasteiger partial charge is 0.386 e. The van der Waals surface area contributed by atoms with E-state index in [-0.39, 0.29) is 0 Å². The Balaban J connectivity index is 1.88. The minimum absolute atomic E-state index is 0.398. The molecule has 0 radical (unpaired) electrons. The number of hydrogen-bond acceptors (Lipinski definition) is 2. The fourth-order valence-corrected chi connectivity index (χ4v) is 2.98. The standard InChI is InChI=1S/C24H24N2O2/c1-18(23(27)21-16-10-5-11-17-21)26(2)24(28)25-22(19-12-6-3-7-13-19)20-14-8-4-9-15-20/h3-18,23,27H,1-2H3. The van der Waals surface area contributed by atoms with Crippen LogP contribution in [0.2, 0.25) is 0 Å². The van der Waals surface area contributed by atoms with E-state index in [0.717, 1.165) is 16.7 Å². The Morgan fingerprint density at radius 3 is 1.71 bits per heavy atom. The van der Waals surface area contributed by atoms with Gasteiger partial charge in [0.25, 0.3) is 0 Å². The minimum atomic E-state index is -0.790. The molecule has 3 aromatic rings. The summed E-state index contributed by atoms with van der Waals surface area (Å²) in [6, 6.07) is 27.8. The highest BCUT2D eigenvalue weighted by molar-refractivity contribution is 6.16. The predicted molar refractivity (Wildman–Crippen MR) is 113 cm³/mol. The number of hydrogen-bond donors (Lipinski definition) is 1. The maximum Gasteiger partial charge on any atom is 0.344 e. The van der Waals surface area contributed by atoms with Gasteiger partial charge in [0.1, 0.15) is 0 Å². The molecule has 0 fully saturated rings. The molecule has 0 aliphatic rings. The molecule has 3 aromatic carbocycles. The van der Waals surface area contributed by atoms with Crippen LogP contribution in [0.25, 0.3) is 0 Å². The normalized spacial score (nSPS) is 12.7. The Labute approximate surface area is 165 Å². The molecule has 4 nitrogen and oxygen atoms in total. The van der Waals surface area contributed by atoms with E-state index in [1.165, 1.54) is 4.90 Å². The molecule has 2 atom stereocenters. The molecule has 142 valence electrons. The van der Waals surface area contributed by atoms with Crippen molar-refractivity contribution in [2.75, 3.05) is 7.05 Å². The molecule has 0 heterocycles. The number of aliphatic imine (C=N–C) groups is 1. The summed E-state index contributed by atoms with van der Waals surface area (Å²) in [5, 5.41) is 10.6. The molecular formula is C24H24N2O2. The van der Waals surface area contributed by atoms with E-state index in [9.17, 15) is 9.90 Å². The van der Waals surface area contributed by atoms with Crippen LogP contribution in [0.5, 0.6) is 0 Å². The summed E-state index contributed by atoms with van der Waals surface area (Å²) in [5.41, 5.74) is 3.11. The van der Waals surface area contributed by atoms with Gasteiger partial charge in [-0.3, -0.25) is 0 Å². The number of likely N-dealkylation sites (N-methyl/N-ethyl adjacent to an activating group) is 1. The van der Waals surface area contributed by atoms with Gasteiger partial charge in [0.15, 0.2) is 0 Å². The van der Waals surface area contributed by atoms with Crippen LogP contribution in [0.15, 0.2) is 96.0 Å². The molecule has 28 heavy (non-hydrogen) atoms. The van der Waals surface area contributed by atoms with E-state index in [4.69, 9.17) is 0 Å². The number of carbonyl (C=O) groups is 1. The summed E-state index contributed by atoms with van der Waals surface area (Å²) in [6.07, 6.45) is -0.790. The lowest BCUT2D eigenvalue weighted by molar-refractivity contribution is 0.0883. The van der Waals surface area contributed by atoms with E-state index in [1.807, 2.05) is 97.9 Å². The number of benzene rings is 3. The van der Waals surface area contributed by atoms with Crippen molar-refractivity contribution in [1.82, 2.24) is 4.90 Å². The smallest absolute Gasteiger partial charge is 0.344 e. The average Bonchev–Trinajstić information content (AvgIpc) is 2.77. The average molecular weight is 372 g/mol. The van der Waals surface area contributed by atoms with Gasteiger partial charge in [0.05, 0.1) is 17.9 Å². The molecule has 0 saturated carbocycles. The Morgan fingerprint density at radius 2 is 1.25 bits per heavy atom. The molecule has 3 rings (SSSR count). The lowest BCUT2D eigenvalue weighted by Crippen LogP contribution is -2.38. The number of aliphatic hydroxyl groups is 1. The molecule has 0 aliphatic carbocycles. The zero-order valence-corrected chi connectivity index (χ0v) is 16.1. The molecule has 0 bridgehead atoms. The van der Waals surface area contributed by atoms with E-state index in [0.29, 0.717) is 5.71 Å².